The number of fused-ring (bicyclic) bond motifs is 1. The van der Waals surface area contributed by atoms with Gasteiger partial charge < -0.3 is 24.1 Å². The van der Waals surface area contributed by atoms with E-state index in [4.69, 9.17) is 14.2 Å². The number of benzene rings is 2. The molecule has 0 saturated carbocycles. The van der Waals surface area contributed by atoms with Gasteiger partial charge in [0.2, 0.25) is 12.7 Å². The maximum absolute atomic E-state index is 12.3. The predicted octanol–water partition coefficient (Wildman–Crippen LogP) is 3.56. The van der Waals surface area contributed by atoms with Gasteiger partial charge in [-0.3, -0.25) is 4.79 Å². The van der Waals surface area contributed by atoms with Crippen LogP contribution in [0.4, 0.5) is 5.69 Å². The SMILES string of the molecule is COc1ccc(-c2cnc(SCC(=O)Nc3ccc4c(c3)OCO4)n2C)cc1. The van der Waals surface area contributed by atoms with Gasteiger partial charge in [0.15, 0.2) is 16.7 Å². The fourth-order valence-electron chi connectivity index (χ4n) is 2.86. The average Bonchev–Trinajstić information content (AvgIpc) is 3.32. The van der Waals surface area contributed by atoms with E-state index in [1.54, 1.807) is 31.5 Å². The number of anilines is 1. The van der Waals surface area contributed by atoms with Crippen LogP contribution >= 0.6 is 11.8 Å². The monoisotopic (exact) mass is 397 g/mol. The minimum Gasteiger partial charge on any atom is -0.497 e. The zero-order valence-electron chi connectivity index (χ0n) is 15.5. The molecule has 8 heteroatoms. The van der Waals surface area contributed by atoms with Crippen molar-refractivity contribution in [2.24, 2.45) is 7.05 Å². The molecule has 1 aliphatic heterocycles. The van der Waals surface area contributed by atoms with Gasteiger partial charge in [0.25, 0.3) is 0 Å². The number of carbonyl (C=O) groups excluding carboxylic acids is 1. The number of rotatable bonds is 6. The lowest BCUT2D eigenvalue weighted by atomic mass is 10.1. The first-order valence-corrected chi connectivity index (χ1v) is 9.61. The van der Waals surface area contributed by atoms with E-state index in [1.165, 1.54) is 11.8 Å². The number of nitrogens with one attached hydrogen (secondary N) is 1. The molecule has 1 N–H and O–H groups in total. The van der Waals surface area contributed by atoms with E-state index in [-0.39, 0.29) is 18.5 Å². The van der Waals surface area contributed by atoms with Gasteiger partial charge in [-0.1, -0.05) is 11.8 Å². The third-order valence-electron chi connectivity index (χ3n) is 4.32. The van der Waals surface area contributed by atoms with Crippen molar-refractivity contribution in [1.29, 1.82) is 0 Å². The third-order valence-corrected chi connectivity index (χ3v) is 5.36. The molecule has 1 amide bonds. The van der Waals surface area contributed by atoms with Crippen LogP contribution in [-0.2, 0) is 11.8 Å². The fourth-order valence-corrected chi connectivity index (χ4v) is 3.61. The molecule has 0 saturated heterocycles. The molecule has 0 atom stereocenters. The van der Waals surface area contributed by atoms with Gasteiger partial charge >= 0.3 is 0 Å². The van der Waals surface area contributed by atoms with Crippen molar-refractivity contribution in [2.45, 2.75) is 5.16 Å². The maximum Gasteiger partial charge on any atom is 0.234 e. The molecule has 0 unspecified atom stereocenters. The summed E-state index contributed by atoms with van der Waals surface area (Å²) in [6.07, 6.45) is 1.81. The number of hydrogen-bond donors (Lipinski definition) is 1. The van der Waals surface area contributed by atoms with Crippen molar-refractivity contribution >= 4 is 23.4 Å². The van der Waals surface area contributed by atoms with E-state index in [1.807, 2.05) is 35.9 Å². The maximum atomic E-state index is 12.3. The molecule has 4 rings (SSSR count). The lowest BCUT2D eigenvalue weighted by Gasteiger charge is -2.08. The molecular formula is C20H19N3O4S. The number of nitrogens with zero attached hydrogens (tertiary/aromatic N) is 2. The molecule has 0 spiro atoms. The molecule has 144 valence electrons. The molecule has 7 nitrogen and oxygen atoms in total. The number of aromatic nitrogens is 2. The van der Waals surface area contributed by atoms with Gasteiger partial charge in [-0.05, 0) is 36.4 Å². The molecule has 0 radical (unpaired) electrons. The summed E-state index contributed by atoms with van der Waals surface area (Å²) in [7, 11) is 3.58. The first-order valence-electron chi connectivity index (χ1n) is 8.62. The summed E-state index contributed by atoms with van der Waals surface area (Å²) in [5.41, 5.74) is 2.68. The molecular weight excluding hydrogens is 378 g/mol. The summed E-state index contributed by atoms with van der Waals surface area (Å²) in [6, 6.07) is 13.1. The first-order chi connectivity index (χ1) is 13.6. The highest BCUT2D eigenvalue weighted by Crippen LogP contribution is 2.34. The minimum absolute atomic E-state index is 0.113. The summed E-state index contributed by atoms with van der Waals surface area (Å²) in [4.78, 5) is 16.7. The van der Waals surface area contributed by atoms with E-state index in [9.17, 15) is 4.79 Å². The Morgan fingerprint density at radius 1 is 1.21 bits per heavy atom. The molecule has 3 aromatic rings. The molecule has 0 fully saturated rings. The molecule has 2 heterocycles. The second kappa shape index (κ2) is 7.85. The van der Waals surface area contributed by atoms with Gasteiger partial charge in [-0.25, -0.2) is 4.98 Å². The number of hydrogen-bond acceptors (Lipinski definition) is 6. The summed E-state index contributed by atoms with van der Waals surface area (Å²) in [5, 5.41) is 3.64. The van der Waals surface area contributed by atoms with Crippen molar-refractivity contribution in [3.05, 3.63) is 48.7 Å². The van der Waals surface area contributed by atoms with E-state index < -0.39 is 0 Å². The van der Waals surface area contributed by atoms with Crippen LogP contribution in [0.3, 0.4) is 0 Å². The van der Waals surface area contributed by atoms with E-state index in [2.05, 4.69) is 10.3 Å². The highest BCUT2D eigenvalue weighted by molar-refractivity contribution is 7.99. The molecule has 2 aromatic carbocycles. The Balaban J connectivity index is 1.38. The zero-order chi connectivity index (χ0) is 19.5. The highest BCUT2D eigenvalue weighted by atomic mass is 32.2. The largest absolute Gasteiger partial charge is 0.497 e. The zero-order valence-corrected chi connectivity index (χ0v) is 16.3. The smallest absolute Gasteiger partial charge is 0.234 e. The number of amides is 1. The van der Waals surface area contributed by atoms with Crippen LogP contribution < -0.4 is 19.5 Å². The highest BCUT2D eigenvalue weighted by Gasteiger charge is 2.15. The van der Waals surface area contributed by atoms with Gasteiger partial charge in [0, 0.05) is 24.4 Å². The lowest BCUT2D eigenvalue weighted by molar-refractivity contribution is -0.113. The van der Waals surface area contributed by atoms with Gasteiger partial charge in [-0.2, -0.15) is 0 Å². The van der Waals surface area contributed by atoms with Crippen LogP contribution in [-0.4, -0.2) is 35.1 Å². The second-order valence-electron chi connectivity index (χ2n) is 6.12. The predicted molar refractivity (Wildman–Crippen MR) is 107 cm³/mol. The second-order valence-corrected chi connectivity index (χ2v) is 7.06. The van der Waals surface area contributed by atoms with Gasteiger partial charge in [0.1, 0.15) is 5.75 Å². The number of methoxy groups -OCH3 is 1. The third kappa shape index (κ3) is 3.77. The Bertz CT molecular complexity index is 1000. The van der Waals surface area contributed by atoms with E-state index >= 15 is 0 Å². The fraction of sp³-hybridized carbons (Fsp3) is 0.200. The molecule has 1 aromatic heterocycles. The normalized spacial score (nSPS) is 12.1. The first kappa shape index (κ1) is 18.2. The van der Waals surface area contributed by atoms with E-state index in [0.29, 0.717) is 17.2 Å². The number of ether oxygens (including phenoxy) is 3. The van der Waals surface area contributed by atoms with Crippen LogP contribution in [0.1, 0.15) is 0 Å². The van der Waals surface area contributed by atoms with Crippen molar-refractivity contribution in [1.82, 2.24) is 9.55 Å². The summed E-state index contributed by atoms with van der Waals surface area (Å²) >= 11 is 1.38. The van der Waals surface area contributed by atoms with Crippen LogP contribution in [0, 0.1) is 0 Å². The van der Waals surface area contributed by atoms with E-state index in [0.717, 1.165) is 22.2 Å². The number of thioether (sulfide) groups is 1. The summed E-state index contributed by atoms with van der Waals surface area (Å²) in [6.45, 7) is 0.207. The van der Waals surface area contributed by atoms with Crippen LogP contribution in [0.15, 0.2) is 53.8 Å². The van der Waals surface area contributed by atoms with Crippen LogP contribution in [0.25, 0.3) is 11.3 Å². The van der Waals surface area contributed by atoms with Crippen molar-refractivity contribution in [2.75, 3.05) is 25.0 Å². The van der Waals surface area contributed by atoms with Crippen molar-refractivity contribution in [3.8, 4) is 28.5 Å². The Labute approximate surface area is 166 Å². The summed E-state index contributed by atoms with van der Waals surface area (Å²) in [5.74, 6) is 2.27. The standard InChI is InChI=1S/C20H19N3O4S/c1-23-16(13-3-6-15(25-2)7-4-13)10-21-20(23)28-11-19(24)22-14-5-8-17-18(9-14)27-12-26-17/h3-10H,11-12H2,1-2H3,(H,22,24). The molecule has 0 aliphatic carbocycles. The molecule has 1 aliphatic rings. The Morgan fingerprint density at radius 3 is 2.79 bits per heavy atom. The Hall–Kier alpha value is -3.13. The Morgan fingerprint density at radius 2 is 2.00 bits per heavy atom. The average molecular weight is 397 g/mol. The van der Waals surface area contributed by atoms with Gasteiger partial charge in [0.05, 0.1) is 24.8 Å². The number of carbonyl (C=O) groups is 1. The molecule has 28 heavy (non-hydrogen) atoms. The topological polar surface area (TPSA) is 74.6 Å². The van der Waals surface area contributed by atoms with Gasteiger partial charge in [-0.15, -0.1) is 0 Å². The van der Waals surface area contributed by atoms with Crippen molar-refractivity contribution < 1.29 is 19.0 Å². The van der Waals surface area contributed by atoms with Crippen LogP contribution in [0.2, 0.25) is 0 Å². The lowest BCUT2D eigenvalue weighted by Crippen LogP contribution is -2.14. The minimum atomic E-state index is -0.113. The van der Waals surface area contributed by atoms with Crippen molar-refractivity contribution in [3.63, 3.8) is 0 Å². The summed E-state index contributed by atoms with van der Waals surface area (Å²) < 4.78 is 17.8. The number of imidazole rings is 1. The van der Waals surface area contributed by atoms with Crippen LogP contribution in [0.5, 0.6) is 17.2 Å². The Kier molecular flexibility index (Phi) is 5.12. The quantitative estimate of drug-likeness (QED) is 0.641. The molecule has 0 bridgehead atoms.